The summed E-state index contributed by atoms with van der Waals surface area (Å²) in [7, 11) is 1.59. The minimum absolute atomic E-state index is 0.0414. The topological polar surface area (TPSA) is 64.7 Å². The number of benzene rings is 2. The number of rotatable bonds is 4. The second-order valence-corrected chi connectivity index (χ2v) is 3.77. The maximum Gasteiger partial charge on any atom is 0.278 e. The zero-order valence-corrected chi connectivity index (χ0v) is 10.3. The Labute approximate surface area is 110 Å². The molecule has 0 unspecified atom stereocenters. The summed E-state index contributed by atoms with van der Waals surface area (Å²) in [4.78, 5) is 14.6. The first kappa shape index (κ1) is 12.8. The highest BCUT2D eigenvalue weighted by Gasteiger charge is 2.09. The van der Waals surface area contributed by atoms with E-state index in [1.54, 1.807) is 49.6 Å². The molecule has 5 nitrogen and oxygen atoms in total. The van der Waals surface area contributed by atoms with Gasteiger partial charge in [0.25, 0.3) is 5.69 Å². The number of nitro benzene ring substituents is 1. The van der Waals surface area contributed by atoms with Crippen molar-refractivity contribution in [3.63, 3.8) is 0 Å². The van der Waals surface area contributed by atoms with Crippen molar-refractivity contribution in [1.29, 1.82) is 0 Å². The van der Waals surface area contributed by atoms with E-state index in [0.717, 1.165) is 5.75 Å². The summed E-state index contributed by atoms with van der Waals surface area (Å²) in [6.07, 6.45) is 1.49. The average molecular weight is 256 g/mol. The van der Waals surface area contributed by atoms with Crippen LogP contribution in [0.2, 0.25) is 0 Å². The van der Waals surface area contributed by atoms with Crippen LogP contribution in [0.5, 0.6) is 5.75 Å². The second-order valence-electron chi connectivity index (χ2n) is 3.77. The first-order valence-electron chi connectivity index (χ1n) is 5.62. The minimum atomic E-state index is -0.421. The van der Waals surface area contributed by atoms with Gasteiger partial charge in [-0.1, -0.05) is 12.1 Å². The summed E-state index contributed by atoms with van der Waals surface area (Å²) >= 11 is 0. The Morgan fingerprint density at radius 2 is 1.84 bits per heavy atom. The van der Waals surface area contributed by atoms with Gasteiger partial charge in [-0.3, -0.25) is 15.1 Å². The van der Waals surface area contributed by atoms with Gasteiger partial charge < -0.3 is 4.74 Å². The van der Waals surface area contributed by atoms with Crippen LogP contribution in [0.25, 0.3) is 0 Å². The third kappa shape index (κ3) is 3.16. The smallest absolute Gasteiger partial charge is 0.278 e. The predicted octanol–water partition coefficient (Wildman–Crippen LogP) is 3.35. The summed E-state index contributed by atoms with van der Waals surface area (Å²) in [5.74, 6) is 0.740. The van der Waals surface area contributed by atoms with Crippen molar-refractivity contribution >= 4 is 17.6 Å². The van der Waals surface area contributed by atoms with Crippen molar-refractivity contribution in [2.75, 3.05) is 7.11 Å². The first-order valence-corrected chi connectivity index (χ1v) is 5.62. The molecule has 0 aliphatic heterocycles. The molecule has 0 fully saturated rings. The molecular formula is C14H12N2O3. The van der Waals surface area contributed by atoms with Gasteiger partial charge in [0.1, 0.15) is 5.75 Å². The van der Waals surface area contributed by atoms with Gasteiger partial charge in [0.05, 0.1) is 23.3 Å². The van der Waals surface area contributed by atoms with E-state index < -0.39 is 4.92 Å². The van der Waals surface area contributed by atoms with E-state index in [0.29, 0.717) is 11.3 Å². The van der Waals surface area contributed by atoms with E-state index in [1.165, 1.54) is 12.3 Å². The number of aliphatic imine (C=N–C) groups is 1. The van der Waals surface area contributed by atoms with Crippen LogP contribution in [-0.2, 0) is 0 Å². The largest absolute Gasteiger partial charge is 0.497 e. The van der Waals surface area contributed by atoms with Gasteiger partial charge in [-0.2, -0.15) is 0 Å². The molecule has 0 spiro atoms. The zero-order chi connectivity index (χ0) is 13.7. The molecule has 0 aromatic heterocycles. The van der Waals surface area contributed by atoms with Crippen LogP contribution >= 0.6 is 0 Å². The Bertz CT molecular complexity index is 606. The summed E-state index contributed by atoms with van der Waals surface area (Å²) in [6, 6.07) is 13.6. The molecular weight excluding hydrogens is 244 g/mol. The monoisotopic (exact) mass is 256 g/mol. The number of nitrogens with zero attached hydrogens (tertiary/aromatic N) is 2. The molecule has 0 saturated heterocycles. The Morgan fingerprint density at radius 3 is 2.47 bits per heavy atom. The van der Waals surface area contributed by atoms with Gasteiger partial charge in [0.2, 0.25) is 0 Å². The summed E-state index contributed by atoms with van der Waals surface area (Å²) < 4.78 is 5.04. The molecule has 96 valence electrons. The number of para-hydroxylation sites is 1. The van der Waals surface area contributed by atoms with Crippen LogP contribution in [-0.4, -0.2) is 18.2 Å². The van der Waals surface area contributed by atoms with Crippen LogP contribution < -0.4 is 4.74 Å². The number of hydrogen-bond donors (Lipinski definition) is 0. The van der Waals surface area contributed by atoms with Crippen LogP contribution in [0, 0.1) is 10.1 Å². The van der Waals surface area contributed by atoms with Gasteiger partial charge in [0.15, 0.2) is 0 Å². The molecule has 0 radical (unpaired) electrons. The average Bonchev–Trinajstić information content (AvgIpc) is 2.46. The Morgan fingerprint density at radius 1 is 1.16 bits per heavy atom. The van der Waals surface area contributed by atoms with E-state index in [-0.39, 0.29) is 5.69 Å². The van der Waals surface area contributed by atoms with Crippen molar-refractivity contribution in [2.24, 2.45) is 4.99 Å². The van der Waals surface area contributed by atoms with E-state index in [9.17, 15) is 10.1 Å². The lowest BCUT2D eigenvalue weighted by atomic mass is 10.2. The van der Waals surface area contributed by atoms with E-state index >= 15 is 0 Å². The number of methoxy groups -OCH3 is 1. The van der Waals surface area contributed by atoms with Gasteiger partial charge in [-0.15, -0.1) is 0 Å². The van der Waals surface area contributed by atoms with Crippen molar-refractivity contribution in [3.05, 3.63) is 64.2 Å². The number of nitro groups is 1. The van der Waals surface area contributed by atoms with Crippen molar-refractivity contribution in [3.8, 4) is 5.75 Å². The van der Waals surface area contributed by atoms with E-state index in [4.69, 9.17) is 4.74 Å². The first-order chi connectivity index (χ1) is 9.20. The molecule has 2 aromatic rings. The second kappa shape index (κ2) is 5.77. The highest BCUT2D eigenvalue weighted by atomic mass is 16.6. The molecule has 0 bridgehead atoms. The summed E-state index contributed by atoms with van der Waals surface area (Å²) in [5.41, 5.74) is 1.22. The lowest BCUT2D eigenvalue weighted by molar-refractivity contribution is -0.385. The highest BCUT2D eigenvalue weighted by Crippen LogP contribution is 2.19. The van der Waals surface area contributed by atoms with Gasteiger partial charge in [-0.05, 0) is 30.3 Å². The maximum absolute atomic E-state index is 10.8. The standard InChI is InChI=1S/C14H12N2O3/c1-19-13-8-6-12(7-9-13)15-10-11-4-2-3-5-14(11)16(17)18/h2-10H,1H3/b15-10+. The highest BCUT2D eigenvalue weighted by molar-refractivity contribution is 5.86. The SMILES string of the molecule is COc1ccc(/N=C/c2ccccc2[N+](=O)[O-])cc1. The molecule has 0 N–H and O–H groups in total. The maximum atomic E-state index is 10.8. The molecule has 0 saturated carbocycles. The minimum Gasteiger partial charge on any atom is -0.497 e. The fourth-order valence-corrected chi connectivity index (χ4v) is 1.58. The van der Waals surface area contributed by atoms with Crippen LogP contribution in [0.3, 0.4) is 0 Å². The Kier molecular flexibility index (Phi) is 3.87. The fraction of sp³-hybridized carbons (Fsp3) is 0.0714. The normalized spacial score (nSPS) is 10.6. The molecule has 5 heteroatoms. The Balaban J connectivity index is 2.24. The molecule has 0 aliphatic carbocycles. The zero-order valence-electron chi connectivity index (χ0n) is 10.3. The van der Waals surface area contributed by atoms with Gasteiger partial charge >= 0.3 is 0 Å². The quantitative estimate of drug-likeness (QED) is 0.478. The molecule has 0 heterocycles. The molecule has 19 heavy (non-hydrogen) atoms. The molecule has 0 amide bonds. The Hall–Kier alpha value is -2.69. The fourth-order valence-electron chi connectivity index (χ4n) is 1.58. The van der Waals surface area contributed by atoms with Gasteiger partial charge in [0, 0.05) is 12.3 Å². The van der Waals surface area contributed by atoms with Crippen molar-refractivity contribution < 1.29 is 9.66 Å². The van der Waals surface area contributed by atoms with E-state index in [1.807, 2.05) is 0 Å². The predicted molar refractivity (Wildman–Crippen MR) is 73.3 cm³/mol. The summed E-state index contributed by atoms with van der Waals surface area (Å²) in [5, 5.41) is 10.8. The molecule has 2 rings (SSSR count). The third-order valence-electron chi connectivity index (χ3n) is 2.56. The number of ether oxygens (including phenoxy) is 1. The van der Waals surface area contributed by atoms with Crippen LogP contribution in [0.1, 0.15) is 5.56 Å². The molecule has 2 aromatic carbocycles. The molecule has 0 atom stereocenters. The third-order valence-corrected chi connectivity index (χ3v) is 2.56. The summed E-state index contributed by atoms with van der Waals surface area (Å²) in [6.45, 7) is 0. The van der Waals surface area contributed by atoms with E-state index in [2.05, 4.69) is 4.99 Å². The van der Waals surface area contributed by atoms with Gasteiger partial charge in [-0.25, -0.2) is 0 Å². The van der Waals surface area contributed by atoms with Crippen LogP contribution in [0.15, 0.2) is 53.5 Å². The van der Waals surface area contributed by atoms with Crippen LogP contribution in [0.4, 0.5) is 11.4 Å². The van der Waals surface area contributed by atoms with Crippen molar-refractivity contribution in [1.82, 2.24) is 0 Å². The molecule has 0 aliphatic rings. The van der Waals surface area contributed by atoms with Crippen molar-refractivity contribution in [2.45, 2.75) is 0 Å². The number of hydrogen-bond acceptors (Lipinski definition) is 4. The lowest BCUT2D eigenvalue weighted by Gasteiger charge is -1.99. The lowest BCUT2D eigenvalue weighted by Crippen LogP contribution is -1.93.